The maximum atomic E-state index is 10.8. The first-order chi connectivity index (χ1) is 5.84. The largest absolute Gasteiger partial charge is 0.478 e. The number of hydrogen-bond donors (Lipinski definition) is 1. The SMILES string of the molecule is Cn1ncc(C(=O)O)c1C(C)(C)C. The molecule has 4 nitrogen and oxygen atoms in total. The summed E-state index contributed by atoms with van der Waals surface area (Å²) in [5.74, 6) is -0.918. The van der Waals surface area contributed by atoms with Crippen LogP contribution in [0.2, 0.25) is 0 Å². The number of nitrogens with zero attached hydrogens (tertiary/aromatic N) is 2. The van der Waals surface area contributed by atoms with Gasteiger partial charge in [-0.3, -0.25) is 4.68 Å². The molecule has 4 heteroatoms. The number of carbonyl (C=O) groups is 1. The zero-order valence-electron chi connectivity index (χ0n) is 8.33. The van der Waals surface area contributed by atoms with Crippen molar-refractivity contribution in [3.05, 3.63) is 17.5 Å². The van der Waals surface area contributed by atoms with Gasteiger partial charge in [-0.05, 0) is 0 Å². The van der Waals surface area contributed by atoms with Crippen molar-refractivity contribution in [3.63, 3.8) is 0 Å². The van der Waals surface area contributed by atoms with Crippen molar-refractivity contribution in [1.29, 1.82) is 0 Å². The van der Waals surface area contributed by atoms with Gasteiger partial charge in [0, 0.05) is 12.5 Å². The van der Waals surface area contributed by atoms with E-state index >= 15 is 0 Å². The monoisotopic (exact) mass is 182 g/mol. The summed E-state index contributed by atoms with van der Waals surface area (Å²) in [6, 6.07) is 0. The molecule has 0 unspecified atom stereocenters. The van der Waals surface area contributed by atoms with Crippen molar-refractivity contribution in [2.24, 2.45) is 7.05 Å². The van der Waals surface area contributed by atoms with E-state index in [9.17, 15) is 4.79 Å². The van der Waals surface area contributed by atoms with Crippen LogP contribution in [-0.4, -0.2) is 20.9 Å². The molecule has 1 aromatic heterocycles. The van der Waals surface area contributed by atoms with Crippen LogP contribution >= 0.6 is 0 Å². The standard InChI is InChI=1S/C9H14N2O2/c1-9(2,3)7-6(8(12)13)5-10-11(7)4/h5H,1-4H3,(H,12,13). The van der Waals surface area contributed by atoms with Crippen LogP contribution < -0.4 is 0 Å². The molecule has 1 heterocycles. The van der Waals surface area contributed by atoms with Crippen molar-refractivity contribution >= 4 is 5.97 Å². The Morgan fingerprint density at radius 1 is 1.54 bits per heavy atom. The lowest BCUT2D eigenvalue weighted by atomic mass is 9.89. The number of aryl methyl sites for hydroxylation is 1. The van der Waals surface area contributed by atoms with Gasteiger partial charge in [-0.2, -0.15) is 5.10 Å². The minimum Gasteiger partial charge on any atom is -0.478 e. The third-order valence-corrected chi connectivity index (χ3v) is 1.88. The van der Waals surface area contributed by atoms with Crippen LogP contribution in [0.3, 0.4) is 0 Å². The molecule has 0 radical (unpaired) electrons. The van der Waals surface area contributed by atoms with Crippen LogP contribution in [-0.2, 0) is 12.5 Å². The molecule has 13 heavy (non-hydrogen) atoms. The highest BCUT2D eigenvalue weighted by atomic mass is 16.4. The lowest BCUT2D eigenvalue weighted by Crippen LogP contribution is -2.20. The zero-order valence-corrected chi connectivity index (χ0v) is 8.33. The number of aromatic nitrogens is 2. The summed E-state index contributed by atoms with van der Waals surface area (Å²) in [6.45, 7) is 5.91. The second-order valence-electron chi connectivity index (χ2n) is 4.09. The van der Waals surface area contributed by atoms with E-state index in [0.717, 1.165) is 5.69 Å². The zero-order chi connectivity index (χ0) is 10.2. The lowest BCUT2D eigenvalue weighted by Gasteiger charge is -2.19. The van der Waals surface area contributed by atoms with E-state index in [2.05, 4.69) is 5.10 Å². The smallest absolute Gasteiger partial charge is 0.339 e. The highest BCUT2D eigenvalue weighted by molar-refractivity contribution is 5.89. The van der Waals surface area contributed by atoms with E-state index in [1.165, 1.54) is 6.20 Å². The molecule has 0 aromatic carbocycles. The molecular weight excluding hydrogens is 168 g/mol. The van der Waals surface area contributed by atoms with Gasteiger partial charge in [-0.25, -0.2) is 4.79 Å². The van der Waals surface area contributed by atoms with Gasteiger partial charge in [-0.15, -0.1) is 0 Å². The molecule has 0 bridgehead atoms. The molecule has 0 atom stereocenters. The van der Waals surface area contributed by atoms with Crippen LogP contribution in [0.5, 0.6) is 0 Å². The Morgan fingerprint density at radius 2 is 2.08 bits per heavy atom. The average molecular weight is 182 g/mol. The number of aromatic carboxylic acids is 1. The Morgan fingerprint density at radius 3 is 2.38 bits per heavy atom. The van der Waals surface area contributed by atoms with E-state index in [1.54, 1.807) is 11.7 Å². The fraction of sp³-hybridized carbons (Fsp3) is 0.556. The summed E-state index contributed by atoms with van der Waals surface area (Å²) in [6.07, 6.45) is 1.39. The second kappa shape index (κ2) is 2.87. The highest BCUT2D eigenvalue weighted by Gasteiger charge is 2.25. The minimum absolute atomic E-state index is 0.195. The molecule has 0 spiro atoms. The van der Waals surface area contributed by atoms with Crippen LogP contribution in [0.4, 0.5) is 0 Å². The molecule has 1 N–H and O–H groups in total. The summed E-state index contributed by atoms with van der Waals surface area (Å²) in [5, 5.41) is 12.8. The molecule has 0 aliphatic carbocycles. The first-order valence-corrected chi connectivity index (χ1v) is 4.10. The maximum Gasteiger partial charge on any atom is 0.339 e. The van der Waals surface area contributed by atoms with Gasteiger partial charge in [-0.1, -0.05) is 20.8 Å². The molecule has 0 aliphatic rings. The fourth-order valence-corrected chi connectivity index (χ4v) is 1.48. The summed E-state index contributed by atoms with van der Waals surface area (Å²) in [4.78, 5) is 10.8. The molecule has 0 saturated carbocycles. The molecule has 0 fully saturated rings. The van der Waals surface area contributed by atoms with Crippen LogP contribution in [0.1, 0.15) is 36.8 Å². The van der Waals surface area contributed by atoms with E-state index in [0.29, 0.717) is 0 Å². The Kier molecular flexibility index (Phi) is 2.15. The van der Waals surface area contributed by atoms with Gasteiger partial charge in [0.15, 0.2) is 0 Å². The lowest BCUT2D eigenvalue weighted by molar-refractivity contribution is 0.0694. The van der Waals surface area contributed by atoms with Crippen molar-refractivity contribution in [3.8, 4) is 0 Å². The Bertz CT molecular complexity index is 334. The Labute approximate surface area is 77.2 Å². The number of carboxylic acids is 1. The number of carboxylic acid groups (broad SMARTS) is 1. The molecule has 0 amide bonds. The summed E-state index contributed by atoms with van der Waals surface area (Å²) < 4.78 is 1.61. The number of hydrogen-bond acceptors (Lipinski definition) is 2. The van der Waals surface area contributed by atoms with Crippen molar-refractivity contribution < 1.29 is 9.90 Å². The first-order valence-electron chi connectivity index (χ1n) is 4.10. The third kappa shape index (κ3) is 1.71. The van der Waals surface area contributed by atoms with Gasteiger partial charge in [0.05, 0.1) is 11.9 Å². The van der Waals surface area contributed by atoms with E-state index < -0.39 is 5.97 Å². The van der Waals surface area contributed by atoms with Crippen LogP contribution in [0.15, 0.2) is 6.20 Å². The third-order valence-electron chi connectivity index (χ3n) is 1.88. The van der Waals surface area contributed by atoms with Crippen molar-refractivity contribution in [2.45, 2.75) is 26.2 Å². The van der Waals surface area contributed by atoms with Gasteiger partial charge < -0.3 is 5.11 Å². The van der Waals surface area contributed by atoms with Crippen molar-refractivity contribution in [1.82, 2.24) is 9.78 Å². The quantitative estimate of drug-likeness (QED) is 0.714. The predicted octanol–water partition coefficient (Wildman–Crippen LogP) is 1.42. The van der Waals surface area contributed by atoms with E-state index in [4.69, 9.17) is 5.11 Å². The molecule has 1 rings (SSSR count). The molecule has 0 saturated heterocycles. The second-order valence-corrected chi connectivity index (χ2v) is 4.09. The first kappa shape index (κ1) is 9.77. The highest BCUT2D eigenvalue weighted by Crippen LogP contribution is 2.24. The molecular formula is C9H14N2O2. The Hall–Kier alpha value is -1.32. The molecule has 1 aromatic rings. The predicted molar refractivity (Wildman–Crippen MR) is 48.9 cm³/mol. The summed E-state index contributed by atoms with van der Waals surface area (Å²) in [7, 11) is 1.76. The summed E-state index contributed by atoms with van der Waals surface area (Å²) in [5.41, 5.74) is 0.842. The van der Waals surface area contributed by atoms with Crippen LogP contribution in [0, 0.1) is 0 Å². The molecule has 72 valence electrons. The van der Waals surface area contributed by atoms with Crippen LogP contribution in [0.25, 0.3) is 0 Å². The fourth-order valence-electron chi connectivity index (χ4n) is 1.48. The normalized spacial score (nSPS) is 11.7. The molecule has 0 aliphatic heterocycles. The Balaban J connectivity index is 3.33. The minimum atomic E-state index is -0.918. The van der Waals surface area contributed by atoms with Crippen molar-refractivity contribution in [2.75, 3.05) is 0 Å². The van der Waals surface area contributed by atoms with Gasteiger partial charge in [0.25, 0.3) is 0 Å². The topological polar surface area (TPSA) is 55.1 Å². The van der Waals surface area contributed by atoms with E-state index in [1.807, 2.05) is 20.8 Å². The average Bonchev–Trinajstić information content (AvgIpc) is 2.28. The maximum absolute atomic E-state index is 10.8. The summed E-state index contributed by atoms with van der Waals surface area (Å²) >= 11 is 0. The van der Waals surface area contributed by atoms with Gasteiger partial charge >= 0.3 is 5.97 Å². The van der Waals surface area contributed by atoms with E-state index in [-0.39, 0.29) is 11.0 Å². The number of rotatable bonds is 1. The van der Waals surface area contributed by atoms with Gasteiger partial charge in [0.1, 0.15) is 5.56 Å². The van der Waals surface area contributed by atoms with Gasteiger partial charge in [0.2, 0.25) is 0 Å².